The van der Waals surface area contributed by atoms with E-state index in [-0.39, 0.29) is 5.41 Å². The Labute approximate surface area is 413 Å². The monoisotopic (exact) mass is 901 g/mol. The van der Waals surface area contributed by atoms with Crippen molar-refractivity contribution >= 4 is 17.1 Å². The van der Waals surface area contributed by atoms with Gasteiger partial charge < -0.3 is 9.64 Å². The third-order valence-electron chi connectivity index (χ3n) is 15.4. The zero-order valence-electron chi connectivity index (χ0n) is 40.2. The predicted molar refractivity (Wildman–Crippen MR) is 292 cm³/mol. The number of hydrogen-bond donors (Lipinski definition) is 0. The number of rotatable bonds is 11. The van der Waals surface area contributed by atoms with E-state index in [9.17, 15) is 0 Å². The van der Waals surface area contributed by atoms with Crippen molar-refractivity contribution < 1.29 is 4.74 Å². The Morgan fingerprint density at radius 2 is 0.814 bits per heavy atom. The van der Waals surface area contributed by atoms with Gasteiger partial charge in [0, 0.05) is 22.5 Å². The molecule has 2 heteroatoms. The van der Waals surface area contributed by atoms with Gasteiger partial charge in [0.25, 0.3) is 0 Å². The topological polar surface area (TPSA) is 12.5 Å². The number of hydrogen-bond acceptors (Lipinski definition) is 2. The van der Waals surface area contributed by atoms with Crippen LogP contribution in [0.3, 0.4) is 0 Å². The van der Waals surface area contributed by atoms with E-state index in [1.54, 1.807) is 0 Å². The number of benzene rings is 10. The van der Waals surface area contributed by atoms with Gasteiger partial charge in [0.1, 0.15) is 11.5 Å². The second-order valence-corrected chi connectivity index (χ2v) is 19.6. The molecule has 0 heterocycles. The Morgan fingerprint density at radius 3 is 1.43 bits per heavy atom. The summed E-state index contributed by atoms with van der Waals surface area (Å²) >= 11 is 0. The molecule has 0 aliphatic heterocycles. The minimum absolute atomic E-state index is 0.147. The SMILES string of the molecule is CCC(C)c1ccc(-c2ccc(Oc3ccc(C4(c5ccccc5)c5ccccc5-c5ccc(N(c6ccc(-c7ccccc7)cc6)c6ccc7c(c6)C(C)(C)c6ccccc6-7)cc54)cc3)cc2)cc1. The highest BCUT2D eigenvalue weighted by Crippen LogP contribution is 2.58. The summed E-state index contributed by atoms with van der Waals surface area (Å²) in [5, 5.41) is 0. The summed E-state index contributed by atoms with van der Waals surface area (Å²) < 4.78 is 6.57. The van der Waals surface area contributed by atoms with Crippen LogP contribution in [-0.2, 0) is 10.8 Å². The summed E-state index contributed by atoms with van der Waals surface area (Å²) in [7, 11) is 0. The van der Waals surface area contributed by atoms with E-state index < -0.39 is 5.41 Å². The molecule has 0 saturated heterocycles. The van der Waals surface area contributed by atoms with Crippen LogP contribution in [0, 0.1) is 0 Å². The minimum atomic E-state index is -0.613. The van der Waals surface area contributed by atoms with Gasteiger partial charge in [-0.1, -0.05) is 210 Å². The van der Waals surface area contributed by atoms with Crippen LogP contribution < -0.4 is 9.64 Å². The fourth-order valence-corrected chi connectivity index (χ4v) is 11.5. The normalized spacial score (nSPS) is 15.3. The van der Waals surface area contributed by atoms with Crippen LogP contribution in [0.15, 0.2) is 243 Å². The summed E-state index contributed by atoms with van der Waals surface area (Å²) in [6.45, 7) is 9.25. The minimum Gasteiger partial charge on any atom is -0.457 e. The van der Waals surface area contributed by atoms with Crippen LogP contribution >= 0.6 is 0 Å². The Hall–Kier alpha value is -8.20. The second kappa shape index (κ2) is 17.4. The maximum absolute atomic E-state index is 6.57. The van der Waals surface area contributed by atoms with Crippen molar-refractivity contribution in [1.29, 1.82) is 0 Å². The van der Waals surface area contributed by atoms with Crippen molar-refractivity contribution in [2.45, 2.75) is 50.9 Å². The van der Waals surface area contributed by atoms with E-state index in [0.29, 0.717) is 5.92 Å². The molecule has 70 heavy (non-hydrogen) atoms. The Morgan fingerprint density at radius 1 is 0.386 bits per heavy atom. The van der Waals surface area contributed by atoms with Gasteiger partial charge in [0.2, 0.25) is 0 Å². The summed E-state index contributed by atoms with van der Waals surface area (Å²) in [5.41, 5.74) is 21.5. The molecule has 0 aromatic heterocycles. The molecule has 0 amide bonds. The van der Waals surface area contributed by atoms with Gasteiger partial charge in [-0.05, 0) is 156 Å². The van der Waals surface area contributed by atoms with Gasteiger partial charge in [-0.3, -0.25) is 0 Å². The Bertz CT molecular complexity index is 3500. The molecule has 0 saturated carbocycles. The standard InChI is InChI=1S/C68H55NO/c1-5-46(2)47-24-26-49(27-25-47)51-30-38-57(39-31-51)70-58-40-32-53(33-41-58)68(52-18-10-7-11-19-52)64-23-15-13-21-60(64)62-43-37-56(45-66(62)68)69(54-34-28-50(29-35-54)48-16-8-6-9-17-48)55-36-42-61-59-20-12-14-22-63(59)67(3,4)65(61)44-55/h6-46H,5H2,1-4H3. The van der Waals surface area contributed by atoms with Crippen LogP contribution in [0.5, 0.6) is 11.5 Å². The van der Waals surface area contributed by atoms with E-state index in [2.05, 4.69) is 275 Å². The molecular weight excluding hydrogens is 847 g/mol. The maximum Gasteiger partial charge on any atom is 0.127 e. The molecule has 0 bridgehead atoms. The lowest BCUT2D eigenvalue weighted by Crippen LogP contribution is -2.28. The van der Waals surface area contributed by atoms with Gasteiger partial charge in [-0.2, -0.15) is 0 Å². The zero-order valence-corrected chi connectivity index (χ0v) is 40.2. The lowest BCUT2D eigenvalue weighted by Gasteiger charge is -2.35. The molecule has 0 spiro atoms. The highest BCUT2D eigenvalue weighted by atomic mass is 16.5. The van der Waals surface area contributed by atoms with E-state index >= 15 is 0 Å². The summed E-state index contributed by atoms with van der Waals surface area (Å²) in [5.74, 6) is 2.16. The van der Waals surface area contributed by atoms with E-state index in [1.807, 2.05) is 0 Å². The van der Waals surface area contributed by atoms with Crippen molar-refractivity contribution in [2.24, 2.45) is 0 Å². The lowest BCUT2D eigenvalue weighted by molar-refractivity contribution is 0.482. The first-order valence-electron chi connectivity index (χ1n) is 24.8. The summed E-state index contributed by atoms with van der Waals surface area (Å²) in [6.07, 6.45) is 1.14. The van der Waals surface area contributed by atoms with Crippen molar-refractivity contribution in [3.63, 3.8) is 0 Å². The largest absolute Gasteiger partial charge is 0.457 e. The van der Waals surface area contributed by atoms with Crippen molar-refractivity contribution in [1.82, 2.24) is 0 Å². The molecule has 12 rings (SSSR count). The fourth-order valence-electron chi connectivity index (χ4n) is 11.5. The fraction of sp³-hybridized carbons (Fsp3) is 0.118. The third kappa shape index (κ3) is 7.17. The molecule has 2 unspecified atom stereocenters. The highest BCUT2D eigenvalue weighted by molar-refractivity contribution is 5.91. The molecule has 2 aliphatic rings. The number of ether oxygens (including phenoxy) is 1. The number of anilines is 3. The van der Waals surface area contributed by atoms with Crippen molar-refractivity contribution in [3.8, 4) is 56.0 Å². The first kappa shape index (κ1) is 43.1. The van der Waals surface area contributed by atoms with Crippen molar-refractivity contribution in [3.05, 3.63) is 282 Å². The van der Waals surface area contributed by atoms with Crippen LogP contribution in [0.25, 0.3) is 44.5 Å². The Balaban J connectivity index is 0.966. The number of nitrogens with zero attached hydrogens (tertiary/aromatic N) is 1. The summed E-state index contributed by atoms with van der Waals surface area (Å²) in [4.78, 5) is 2.46. The molecule has 0 radical (unpaired) electrons. The highest BCUT2D eigenvalue weighted by Gasteiger charge is 2.46. The molecule has 0 fully saturated rings. The lowest BCUT2D eigenvalue weighted by atomic mass is 9.67. The first-order valence-corrected chi connectivity index (χ1v) is 24.8. The quantitative estimate of drug-likeness (QED) is 0.128. The van der Waals surface area contributed by atoms with E-state index in [1.165, 1.54) is 83.5 Å². The molecule has 2 nitrogen and oxygen atoms in total. The van der Waals surface area contributed by atoms with Crippen LogP contribution in [0.1, 0.15) is 79.0 Å². The summed E-state index contributed by atoms with van der Waals surface area (Å²) in [6, 6.07) is 89.1. The second-order valence-electron chi connectivity index (χ2n) is 19.6. The molecule has 10 aromatic carbocycles. The van der Waals surface area contributed by atoms with Gasteiger partial charge in [-0.15, -0.1) is 0 Å². The predicted octanol–water partition coefficient (Wildman–Crippen LogP) is 18.5. The van der Waals surface area contributed by atoms with E-state index in [0.717, 1.165) is 35.0 Å². The third-order valence-corrected chi connectivity index (χ3v) is 15.4. The van der Waals surface area contributed by atoms with Crippen LogP contribution in [0.2, 0.25) is 0 Å². The van der Waals surface area contributed by atoms with Gasteiger partial charge in [0.15, 0.2) is 0 Å². The Kier molecular flexibility index (Phi) is 10.7. The molecule has 0 N–H and O–H groups in total. The molecule has 2 atom stereocenters. The smallest absolute Gasteiger partial charge is 0.127 e. The molecular formula is C68H55NO. The zero-order chi connectivity index (χ0) is 47.4. The van der Waals surface area contributed by atoms with Gasteiger partial charge in [-0.25, -0.2) is 0 Å². The number of fused-ring (bicyclic) bond motifs is 6. The van der Waals surface area contributed by atoms with Gasteiger partial charge in [0.05, 0.1) is 5.41 Å². The van der Waals surface area contributed by atoms with Crippen LogP contribution in [0.4, 0.5) is 17.1 Å². The van der Waals surface area contributed by atoms with E-state index in [4.69, 9.17) is 4.74 Å². The van der Waals surface area contributed by atoms with Crippen molar-refractivity contribution in [2.75, 3.05) is 4.90 Å². The maximum atomic E-state index is 6.57. The van der Waals surface area contributed by atoms with Gasteiger partial charge >= 0.3 is 0 Å². The molecule has 2 aliphatic carbocycles. The average Bonchev–Trinajstić information content (AvgIpc) is 3.84. The van der Waals surface area contributed by atoms with Crippen LogP contribution in [-0.4, -0.2) is 0 Å². The molecule has 10 aromatic rings. The first-order chi connectivity index (χ1) is 34.3. The molecule has 338 valence electrons. The average molecular weight is 902 g/mol.